The fourth-order valence-electron chi connectivity index (χ4n) is 4.19. The minimum absolute atomic E-state index is 0.00454. The summed E-state index contributed by atoms with van der Waals surface area (Å²) < 4.78 is 0. The molecule has 1 fully saturated rings. The van der Waals surface area contributed by atoms with E-state index in [2.05, 4.69) is 200 Å². The molecule has 1 saturated heterocycles. The lowest BCUT2D eigenvalue weighted by molar-refractivity contribution is 0.170. The van der Waals surface area contributed by atoms with E-state index in [0.717, 1.165) is 18.7 Å². The van der Waals surface area contributed by atoms with Crippen LogP contribution in [0.3, 0.4) is 0 Å². The van der Waals surface area contributed by atoms with Gasteiger partial charge in [-0.05, 0) is 169 Å². The summed E-state index contributed by atoms with van der Waals surface area (Å²) in [6.07, 6.45) is 3.77. The molecule has 1 aromatic rings. The van der Waals surface area contributed by atoms with Crippen LogP contribution >= 0.6 is 0 Å². The molecular formula is C47H80N12. The van der Waals surface area contributed by atoms with Crippen LogP contribution in [0, 0.1) is 64.1 Å². The molecular weight excluding hydrogens is 733 g/mol. The second kappa shape index (κ2) is 30.2. The van der Waals surface area contributed by atoms with E-state index in [9.17, 15) is 0 Å². The molecule has 1 aromatic carbocycles. The molecule has 0 aromatic heterocycles. The van der Waals surface area contributed by atoms with Crippen molar-refractivity contribution < 1.29 is 0 Å². The number of piperidine rings is 1. The molecule has 0 atom stereocenters. The first-order valence-electron chi connectivity index (χ1n) is 21.0. The highest BCUT2D eigenvalue weighted by atomic mass is 15.6. The standard InChI is InChI=1S/C14H19N3.C12H23N3.C11H19N3.C10H19N3/c1-12(2)17(13(3)4)16-15-11-10-14-8-6-5-7-9-14;1-10(2)15(11(3)4)14-13-9-8-12(5,6)7;1-11(2,3)7-8-12-13-14-9-5-4-6-10-14;1-9(2)13(6)12-11-8-7-10(3,4)5/h5-9,12-13H,1-4H3;10-11H,1-7H3;4-6,9-10H2,1-3H3;9H,1-6H3. The highest BCUT2D eigenvalue weighted by molar-refractivity contribution is 5.33. The SMILES string of the molecule is CC(C)(C)C#CN=NN1CCCCC1.CC(C)N(C)N=NC#CC(C)(C)C.CC(C)N(N=NC#CC(C)(C)C)C(C)C.CC(C)N(N=NC#Cc1ccccc1)C(C)C. The van der Waals surface area contributed by atoms with Gasteiger partial charge in [0, 0.05) is 72.2 Å². The molecule has 0 N–H and O–H groups in total. The summed E-state index contributed by atoms with van der Waals surface area (Å²) >= 11 is 0. The zero-order valence-electron chi connectivity index (χ0n) is 40.7. The minimum atomic E-state index is -0.0144. The highest BCUT2D eigenvalue weighted by Crippen LogP contribution is 2.12. The fourth-order valence-corrected chi connectivity index (χ4v) is 4.19. The summed E-state index contributed by atoms with van der Waals surface area (Å²) in [4.78, 5) is 0. The van der Waals surface area contributed by atoms with Crippen LogP contribution in [-0.4, -0.2) is 70.4 Å². The lowest BCUT2D eigenvalue weighted by Crippen LogP contribution is -2.31. The van der Waals surface area contributed by atoms with Crippen molar-refractivity contribution in [3.8, 4) is 47.9 Å². The maximum Gasteiger partial charge on any atom is 0.0648 e. The topological polar surface area (TPSA) is 112 Å². The molecule has 0 spiro atoms. The van der Waals surface area contributed by atoms with Crippen molar-refractivity contribution in [2.75, 3.05) is 20.1 Å². The Labute approximate surface area is 361 Å². The zero-order chi connectivity index (χ0) is 45.7. The number of hydrogen-bond donors (Lipinski definition) is 0. The van der Waals surface area contributed by atoms with Gasteiger partial charge < -0.3 is 0 Å². The van der Waals surface area contributed by atoms with Crippen molar-refractivity contribution in [1.29, 1.82) is 0 Å². The first kappa shape index (κ1) is 56.2. The van der Waals surface area contributed by atoms with Crippen LogP contribution in [0.1, 0.15) is 156 Å². The predicted molar refractivity (Wildman–Crippen MR) is 247 cm³/mol. The van der Waals surface area contributed by atoms with Crippen LogP contribution in [0.5, 0.6) is 0 Å². The third-order valence-electron chi connectivity index (χ3n) is 7.32. The van der Waals surface area contributed by atoms with E-state index in [0.29, 0.717) is 30.2 Å². The zero-order valence-corrected chi connectivity index (χ0v) is 40.7. The summed E-state index contributed by atoms with van der Waals surface area (Å²) in [6, 6.07) is 22.4. The van der Waals surface area contributed by atoms with Gasteiger partial charge in [0.2, 0.25) is 0 Å². The largest absolute Gasteiger partial charge is 0.278 e. The molecule has 2 rings (SSSR count). The van der Waals surface area contributed by atoms with Crippen LogP contribution in [0.2, 0.25) is 0 Å². The quantitative estimate of drug-likeness (QED) is 0.140. The molecule has 59 heavy (non-hydrogen) atoms. The Morgan fingerprint density at radius 1 is 0.492 bits per heavy atom. The second-order valence-electron chi connectivity index (χ2n) is 18.6. The van der Waals surface area contributed by atoms with E-state index < -0.39 is 0 Å². The van der Waals surface area contributed by atoms with E-state index >= 15 is 0 Å². The predicted octanol–water partition coefficient (Wildman–Crippen LogP) is 12.5. The van der Waals surface area contributed by atoms with E-state index in [-0.39, 0.29) is 16.2 Å². The van der Waals surface area contributed by atoms with Crippen molar-refractivity contribution in [3.63, 3.8) is 0 Å². The van der Waals surface area contributed by atoms with E-state index in [1.165, 1.54) is 19.3 Å². The van der Waals surface area contributed by atoms with E-state index in [4.69, 9.17) is 0 Å². The molecule has 0 saturated carbocycles. The van der Waals surface area contributed by atoms with Crippen molar-refractivity contribution in [2.45, 2.75) is 181 Å². The lowest BCUT2D eigenvalue weighted by Gasteiger charge is -2.25. The van der Waals surface area contributed by atoms with Gasteiger partial charge in [0.25, 0.3) is 0 Å². The smallest absolute Gasteiger partial charge is 0.0648 e. The molecule has 1 heterocycles. The molecule has 1 aliphatic rings. The molecule has 1 aliphatic heterocycles. The van der Waals surface area contributed by atoms with Crippen LogP contribution < -0.4 is 0 Å². The Hall–Kier alpha value is -4.94. The van der Waals surface area contributed by atoms with Crippen LogP contribution in [0.25, 0.3) is 0 Å². The second-order valence-corrected chi connectivity index (χ2v) is 18.6. The molecule has 328 valence electrons. The Morgan fingerprint density at radius 3 is 1.24 bits per heavy atom. The van der Waals surface area contributed by atoms with Gasteiger partial charge in [-0.2, -0.15) is 0 Å². The van der Waals surface area contributed by atoms with Gasteiger partial charge in [0.05, 0.1) is 24.2 Å². The first-order valence-corrected chi connectivity index (χ1v) is 21.0. The lowest BCUT2D eigenvalue weighted by atomic mass is 9.99. The summed E-state index contributed by atoms with van der Waals surface area (Å²) in [5.74, 6) is 12.0. The molecule has 12 nitrogen and oxygen atoms in total. The number of benzene rings is 1. The van der Waals surface area contributed by atoms with Gasteiger partial charge >= 0.3 is 0 Å². The number of hydrogen-bond acceptors (Lipinski definition) is 8. The van der Waals surface area contributed by atoms with Crippen LogP contribution in [0.15, 0.2) is 71.7 Å². The van der Waals surface area contributed by atoms with Gasteiger partial charge in [-0.15, -0.1) is 0 Å². The van der Waals surface area contributed by atoms with Crippen molar-refractivity contribution in [2.24, 2.45) is 57.6 Å². The van der Waals surface area contributed by atoms with Gasteiger partial charge in [-0.25, -0.2) is 0 Å². The summed E-state index contributed by atoms with van der Waals surface area (Å²) in [7, 11) is 1.88. The van der Waals surface area contributed by atoms with E-state index in [1.54, 1.807) is 5.01 Å². The third kappa shape index (κ3) is 35.9. The van der Waals surface area contributed by atoms with Crippen molar-refractivity contribution in [3.05, 3.63) is 35.9 Å². The average molecular weight is 813 g/mol. The van der Waals surface area contributed by atoms with Gasteiger partial charge in [-0.1, -0.05) is 77.3 Å². The molecule has 0 amide bonds. The summed E-state index contributed by atoms with van der Waals surface area (Å²) in [6.45, 7) is 41.4. The normalized spacial score (nSPS) is 13.0. The van der Waals surface area contributed by atoms with Gasteiger partial charge in [0.1, 0.15) is 0 Å². The van der Waals surface area contributed by atoms with Crippen LogP contribution in [0.4, 0.5) is 0 Å². The molecule has 12 heteroatoms. The molecule has 0 unspecified atom stereocenters. The number of nitrogens with zero attached hydrogens (tertiary/aromatic N) is 12. The Balaban J connectivity index is 0. The van der Waals surface area contributed by atoms with Crippen molar-refractivity contribution in [1.82, 2.24) is 20.0 Å². The summed E-state index contributed by atoms with van der Waals surface area (Å²) in [5.41, 5.74) is 0.947. The fraction of sp³-hybridized carbons (Fsp3) is 0.702. The van der Waals surface area contributed by atoms with Gasteiger partial charge in [-0.3, -0.25) is 20.0 Å². The number of rotatable bonds is 9. The Bertz CT molecular complexity index is 1620. The first-order chi connectivity index (χ1) is 27.3. The molecule has 0 radical (unpaired) electrons. The van der Waals surface area contributed by atoms with Crippen molar-refractivity contribution >= 4 is 0 Å². The maximum absolute atomic E-state index is 4.12. The minimum Gasteiger partial charge on any atom is -0.278 e. The highest BCUT2D eigenvalue weighted by Gasteiger charge is 2.11. The third-order valence-corrected chi connectivity index (χ3v) is 7.32. The maximum atomic E-state index is 4.12. The monoisotopic (exact) mass is 813 g/mol. The van der Waals surface area contributed by atoms with Gasteiger partial charge in [0.15, 0.2) is 0 Å². The van der Waals surface area contributed by atoms with Crippen LogP contribution in [-0.2, 0) is 0 Å². The Morgan fingerprint density at radius 2 is 0.864 bits per heavy atom. The summed E-state index contributed by atoms with van der Waals surface area (Å²) in [5, 5.41) is 39.3. The molecule has 0 aliphatic carbocycles. The van der Waals surface area contributed by atoms with E-state index in [1.807, 2.05) is 73.2 Å². The average Bonchev–Trinajstić information content (AvgIpc) is 3.11. The Kier molecular flexibility index (Phi) is 28.7. The molecule has 0 bridgehead atoms.